The number of benzene rings is 1. The number of carbonyl (C=O) groups is 3. The number of hydrogen-bond donors (Lipinski definition) is 1. The molecule has 5 rings (SSSR count). The van der Waals surface area contributed by atoms with Crippen molar-refractivity contribution in [2.24, 2.45) is 5.10 Å². The Labute approximate surface area is 205 Å². The van der Waals surface area contributed by atoms with Crippen LogP contribution in [0.2, 0.25) is 0 Å². The SMILES string of the molecule is O=C(NC(C(=O)OCC(=O)N1N=C(c2ccco2)CC1c1ccco1)c1ccccc1)c1ccco1. The average Bonchev–Trinajstić information content (AvgIpc) is 3.72. The number of furan rings is 3. The Morgan fingerprint density at radius 2 is 1.69 bits per heavy atom. The number of nitrogens with one attached hydrogen (secondary N) is 1. The van der Waals surface area contributed by atoms with Gasteiger partial charge < -0.3 is 23.3 Å². The number of carbonyl (C=O) groups excluding carboxylic acids is 3. The van der Waals surface area contributed by atoms with Crippen molar-refractivity contribution >= 4 is 23.5 Å². The van der Waals surface area contributed by atoms with E-state index in [1.165, 1.54) is 29.9 Å². The van der Waals surface area contributed by atoms with Crippen LogP contribution in [0.15, 0.2) is 104 Å². The van der Waals surface area contributed by atoms with Crippen LogP contribution in [0.4, 0.5) is 0 Å². The highest BCUT2D eigenvalue weighted by molar-refractivity contribution is 6.01. The van der Waals surface area contributed by atoms with Crippen molar-refractivity contribution in [3.05, 3.63) is 108 Å². The molecule has 0 saturated heterocycles. The summed E-state index contributed by atoms with van der Waals surface area (Å²) in [6.07, 6.45) is 4.75. The van der Waals surface area contributed by atoms with Gasteiger partial charge in [0.1, 0.15) is 23.3 Å². The van der Waals surface area contributed by atoms with Crippen molar-refractivity contribution in [2.75, 3.05) is 6.61 Å². The van der Waals surface area contributed by atoms with Crippen molar-refractivity contribution in [2.45, 2.75) is 18.5 Å². The third-order valence-electron chi connectivity index (χ3n) is 5.57. The van der Waals surface area contributed by atoms with E-state index < -0.39 is 36.5 Å². The molecule has 1 N–H and O–H groups in total. The number of ether oxygens (including phenoxy) is 1. The number of amides is 2. The highest BCUT2D eigenvalue weighted by atomic mass is 16.5. The minimum absolute atomic E-state index is 0.0398. The molecule has 1 aliphatic heterocycles. The number of rotatable bonds is 8. The van der Waals surface area contributed by atoms with Crippen molar-refractivity contribution in [3.63, 3.8) is 0 Å². The van der Waals surface area contributed by atoms with Gasteiger partial charge >= 0.3 is 5.97 Å². The molecule has 0 radical (unpaired) electrons. The van der Waals surface area contributed by atoms with Crippen LogP contribution in [0.3, 0.4) is 0 Å². The molecule has 10 nitrogen and oxygen atoms in total. The number of nitrogens with zero attached hydrogens (tertiary/aromatic N) is 2. The number of hydrazone groups is 1. The largest absolute Gasteiger partial charge is 0.467 e. The first kappa shape index (κ1) is 22.9. The Kier molecular flexibility index (Phi) is 6.48. The highest BCUT2D eigenvalue weighted by Gasteiger charge is 2.36. The first-order valence-corrected chi connectivity index (χ1v) is 11.1. The summed E-state index contributed by atoms with van der Waals surface area (Å²) >= 11 is 0. The molecule has 0 bridgehead atoms. The van der Waals surface area contributed by atoms with Gasteiger partial charge in [0, 0.05) is 6.42 Å². The first-order chi connectivity index (χ1) is 17.6. The van der Waals surface area contributed by atoms with Crippen LogP contribution in [-0.4, -0.2) is 35.1 Å². The molecule has 10 heteroatoms. The Bertz CT molecular complexity index is 1340. The van der Waals surface area contributed by atoms with E-state index >= 15 is 0 Å². The second-order valence-electron chi connectivity index (χ2n) is 7.90. The fourth-order valence-electron chi connectivity index (χ4n) is 3.85. The van der Waals surface area contributed by atoms with Crippen molar-refractivity contribution in [3.8, 4) is 0 Å². The zero-order chi connectivity index (χ0) is 24.9. The van der Waals surface area contributed by atoms with Gasteiger partial charge in [-0.15, -0.1) is 0 Å². The molecule has 0 fully saturated rings. The standard InChI is InChI=1S/C26H21N3O7/c30-23(29-19(21-10-5-13-34-21)15-18(28-29)20-9-4-12-33-20)16-36-26(32)24(17-7-2-1-3-8-17)27-25(31)22-11-6-14-35-22/h1-14,19,24H,15-16H2,(H,27,31). The van der Waals surface area contributed by atoms with Gasteiger partial charge in [-0.25, -0.2) is 9.80 Å². The Hall–Kier alpha value is -4.86. The fourth-order valence-corrected chi connectivity index (χ4v) is 3.85. The molecule has 1 aromatic carbocycles. The summed E-state index contributed by atoms with van der Waals surface area (Å²) < 4.78 is 21.4. The van der Waals surface area contributed by atoms with E-state index in [1.807, 2.05) is 0 Å². The van der Waals surface area contributed by atoms with Gasteiger partial charge in [0.05, 0.1) is 18.8 Å². The van der Waals surface area contributed by atoms with Crippen molar-refractivity contribution in [1.29, 1.82) is 0 Å². The van der Waals surface area contributed by atoms with E-state index in [9.17, 15) is 14.4 Å². The van der Waals surface area contributed by atoms with Gasteiger partial charge in [-0.1, -0.05) is 30.3 Å². The van der Waals surface area contributed by atoms with Crippen LogP contribution in [-0.2, 0) is 14.3 Å². The smallest absolute Gasteiger partial charge is 0.333 e. The maximum atomic E-state index is 13.1. The first-order valence-electron chi connectivity index (χ1n) is 11.1. The molecule has 4 heterocycles. The second-order valence-corrected chi connectivity index (χ2v) is 7.90. The molecule has 2 unspecified atom stereocenters. The molecule has 0 saturated carbocycles. The van der Waals surface area contributed by atoms with Gasteiger partial charge in [-0.05, 0) is 42.0 Å². The predicted molar refractivity (Wildman–Crippen MR) is 124 cm³/mol. The minimum atomic E-state index is -1.15. The lowest BCUT2D eigenvalue weighted by molar-refractivity contribution is -0.154. The minimum Gasteiger partial charge on any atom is -0.467 e. The van der Waals surface area contributed by atoms with Gasteiger partial charge in [0.25, 0.3) is 11.8 Å². The summed E-state index contributed by atoms with van der Waals surface area (Å²) in [5.41, 5.74) is 1.05. The molecule has 2 amide bonds. The van der Waals surface area contributed by atoms with Crippen LogP contribution in [0, 0.1) is 0 Å². The van der Waals surface area contributed by atoms with E-state index in [2.05, 4.69) is 10.4 Å². The van der Waals surface area contributed by atoms with E-state index in [-0.39, 0.29) is 5.76 Å². The van der Waals surface area contributed by atoms with E-state index in [1.54, 1.807) is 60.7 Å². The topological polar surface area (TPSA) is 127 Å². The summed E-state index contributed by atoms with van der Waals surface area (Å²) in [6.45, 7) is -0.592. The van der Waals surface area contributed by atoms with E-state index in [0.717, 1.165) is 0 Å². The average molecular weight is 487 g/mol. The lowest BCUT2D eigenvalue weighted by atomic mass is 10.1. The highest BCUT2D eigenvalue weighted by Crippen LogP contribution is 2.33. The monoisotopic (exact) mass is 487 g/mol. The molecular formula is C26H21N3O7. The van der Waals surface area contributed by atoms with Crippen molar-refractivity contribution in [1.82, 2.24) is 10.3 Å². The lowest BCUT2D eigenvalue weighted by Gasteiger charge is -2.21. The lowest BCUT2D eigenvalue weighted by Crippen LogP contribution is -2.37. The normalized spacial score (nSPS) is 15.8. The second kappa shape index (κ2) is 10.2. The zero-order valence-corrected chi connectivity index (χ0v) is 18.9. The molecule has 3 aromatic heterocycles. The van der Waals surface area contributed by atoms with E-state index in [4.69, 9.17) is 18.0 Å². The molecule has 0 spiro atoms. The maximum Gasteiger partial charge on any atom is 0.333 e. The third kappa shape index (κ3) is 4.83. The van der Waals surface area contributed by atoms with Crippen LogP contribution in [0.5, 0.6) is 0 Å². The molecular weight excluding hydrogens is 466 g/mol. The summed E-state index contributed by atoms with van der Waals surface area (Å²) in [4.78, 5) is 38.7. The summed E-state index contributed by atoms with van der Waals surface area (Å²) in [5.74, 6) is -0.856. The molecule has 36 heavy (non-hydrogen) atoms. The van der Waals surface area contributed by atoms with Crippen LogP contribution >= 0.6 is 0 Å². The zero-order valence-electron chi connectivity index (χ0n) is 18.9. The Morgan fingerprint density at radius 3 is 2.39 bits per heavy atom. The van der Waals surface area contributed by atoms with Gasteiger partial charge in [-0.3, -0.25) is 9.59 Å². The third-order valence-corrected chi connectivity index (χ3v) is 5.57. The van der Waals surface area contributed by atoms with E-state index in [0.29, 0.717) is 29.2 Å². The van der Waals surface area contributed by atoms with Crippen molar-refractivity contribution < 1.29 is 32.4 Å². The van der Waals surface area contributed by atoms with Gasteiger partial charge in [0.15, 0.2) is 18.4 Å². The molecule has 4 aromatic rings. The number of hydrogen-bond acceptors (Lipinski definition) is 8. The van der Waals surface area contributed by atoms with Gasteiger partial charge in [0.2, 0.25) is 0 Å². The summed E-state index contributed by atoms with van der Waals surface area (Å²) in [7, 11) is 0. The Morgan fingerprint density at radius 1 is 0.944 bits per heavy atom. The quantitative estimate of drug-likeness (QED) is 0.374. The van der Waals surface area contributed by atoms with Crippen LogP contribution < -0.4 is 5.32 Å². The molecule has 0 aliphatic carbocycles. The molecule has 2 atom stereocenters. The summed E-state index contributed by atoms with van der Waals surface area (Å²) in [6, 6.07) is 16.9. The maximum absolute atomic E-state index is 13.1. The van der Waals surface area contributed by atoms with Crippen LogP contribution in [0.1, 0.15) is 46.1 Å². The predicted octanol–water partition coefficient (Wildman–Crippen LogP) is 3.86. The van der Waals surface area contributed by atoms with Gasteiger partial charge in [-0.2, -0.15) is 5.10 Å². The van der Waals surface area contributed by atoms with Crippen LogP contribution in [0.25, 0.3) is 0 Å². The fraction of sp³-hybridized carbons (Fsp3) is 0.154. The molecule has 1 aliphatic rings. The summed E-state index contributed by atoms with van der Waals surface area (Å²) in [5, 5.41) is 8.23. The number of esters is 1. The molecule has 182 valence electrons. The Balaban J connectivity index is 1.31.